The van der Waals surface area contributed by atoms with Crippen LogP contribution in [0.5, 0.6) is 0 Å². The smallest absolute Gasteiger partial charge is 0.285 e. The molecular weight excluding hydrogens is 422 g/mol. The van der Waals surface area contributed by atoms with Gasteiger partial charge in [0.05, 0.1) is 4.92 Å². The molecular formula is C24H27N5O4. The predicted octanol–water partition coefficient (Wildman–Crippen LogP) is 3.65. The summed E-state index contributed by atoms with van der Waals surface area (Å²) >= 11 is 0. The standard InChI is InChI=1S/C24H27N5O4/c1-17-8-10-19(11-9-17)23-25-21(33-26-23)7-4-12-27-13-15-28(16-14-27)24(30)20-6-3-5-18(2)22(20)29(31)32/h3,5-6,8-11H,4,7,12-16H2,1-2H3. The number of hydrogen-bond donors (Lipinski definition) is 0. The molecule has 1 fully saturated rings. The monoisotopic (exact) mass is 449 g/mol. The molecule has 1 amide bonds. The van der Waals surface area contributed by atoms with E-state index in [4.69, 9.17) is 4.52 Å². The number of nitro benzene ring substituents is 1. The van der Waals surface area contributed by atoms with Crippen molar-refractivity contribution in [1.29, 1.82) is 0 Å². The van der Waals surface area contributed by atoms with E-state index in [1.165, 1.54) is 11.6 Å². The number of amides is 1. The van der Waals surface area contributed by atoms with Gasteiger partial charge in [-0.1, -0.05) is 47.1 Å². The number of rotatable bonds is 7. The molecule has 3 aromatic rings. The lowest BCUT2D eigenvalue weighted by Gasteiger charge is -2.34. The molecule has 172 valence electrons. The lowest BCUT2D eigenvalue weighted by molar-refractivity contribution is -0.385. The van der Waals surface area contributed by atoms with E-state index in [0.717, 1.165) is 31.6 Å². The Balaban J connectivity index is 1.26. The van der Waals surface area contributed by atoms with Gasteiger partial charge in [0, 0.05) is 43.7 Å². The molecule has 0 atom stereocenters. The van der Waals surface area contributed by atoms with E-state index in [1.54, 1.807) is 24.0 Å². The molecule has 0 unspecified atom stereocenters. The van der Waals surface area contributed by atoms with Crippen molar-refractivity contribution < 1.29 is 14.2 Å². The summed E-state index contributed by atoms with van der Waals surface area (Å²) in [5, 5.41) is 15.5. The molecule has 4 rings (SSSR count). The average Bonchev–Trinajstić information content (AvgIpc) is 3.28. The second-order valence-corrected chi connectivity index (χ2v) is 8.34. The number of aryl methyl sites for hydroxylation is 3. The summed E-state index contributed by atoms with van der Waals surface area (Å²) in [6.07, 6.45) is 1.56. The van der Waals surface area contributed by atoms with Crippen molar-refractivity contribution in [2.24, 2.45) is 0 Å². The van der Waals surface area contributed by atoms with Gasteiger partial charge in [-0.15, -0.1) is 0 Å². The summed E-state index contributed by atoms with van der Waals surface area (Å²) in [5.41, 5.74) is 2.67. The van der Waals surface area contributed by atoms with E-state index in [9.17, 15) is 14.9 Å². The fraction of sp³-hybridized carbons (Fsp3) is 0.375. The third kappa shape index (κ3) is 5.25. The number of carbonyl (C=O) groups excluding carboxylic acids is 1. The summed E-state index contributed by atoms with van der Waals surface area (Å²) in [7, 11) is 0. The van der Waals surface area contributed by atoms with Gasteiger partial charge in [0.15, 0.2) is 0 Å². The van der Waals surface area contributed by atoms with Gasteiger partial charge in [0.25, 0.3) is 11.6 Å². The molecule has 2 aromatic carbocycles. The second kappa shape index (κ2) is 9.91. The van der Waals surface area contributed by atoms with E-state index >= 15 is 0 Å². The predicted molar refractivity (Wildman–Crippen MR) is 123 cm³/mol. The molecule has 2 heterocycles. The van der Waals surface area contributed by atoms with Crippen LogP contribution >= 0.6 is 0 Å². The number of nitro groups is 1. The van der Waals surface area contributed by atoms with Gasteiger partial charge >= 0.3 is 0 Å². The molecule has 9 nitrogen and oxygen atoms in total. The van der Waals surface area contributed by atoms with Crippen LogP contribution in [0.15, 0.2) is 47.0 Å². The van der Waals surface area contributed by atoms with Crippen LogP contribution in [0.25, 0.3) is 11.4 Å². The normalized spacial score (nSPS) is 14.4. The second-order valence-electron chi connectivity index (χ2n) is 8.34. The van der Waals surface area contributed by atoms with Crippen molar-refractivity contribution in [3.63, 3.8) is 0 Å². The fourth-order valence-electron chi connectivity index (χ4n) is 4.05. The van der Waals surface area contributed by atoms with Crippen LogP contribution < -0.4 is 0 Å². The number of piperazine rings is 1. The Morgan fingerprint density at radius 1 is 1.09 bits per heavy atom. The van der Waals surface area contributed by atoms with Gasteiger partial charge in [-0.25, -0.2) is 0 Å². The zero-order chi connectivity index (χ0) is 23.4. The van der Waals surface area contributed by atoms with Crippen molar-refractivity contribution in [2.45, 2.75) is 26.7 Å². The molecule has 0 radical (unpaired) electrons. The molecule has 0 aliphatic carbocycles. The summed E-state index contributed by atoms with van der Waals surface area (Å²) in [5.74, 6) is 0.938. The summed E-state index contributed by atoms with van der Waals surface area (Å²) < 4.78 is 5.39. The molecule has 9 heteroatoms. The molecule has 1 aliphatic rings. The maximum Gasteiger partial charge on any atom is 0.285 e. The molecule has 0 N–H and O–H groups in total. The minimum absolute atomic E-state index is 0.102. The number of benzene rings is 2. The van der Waals surface area contributed by atoms with Crippen LogP contribution in [0, 0.1) is 24.0 Å². The van der Waals surface area contributed by atoms with Crippen LogP contribution in [0.4, 0.5) is 5.69 Å². The van der Waals surface area contributed by atoms with Crippen LogP contribution in [0.1, 0.15) is 33.8 Å². The Bertz CT molecular complexity index is 1130. The number of aromatic nitrogens is 2. The lowest BCUT2D eigenvalue weighted by atomic mass is 10.1. The van der Waals surface area contributed by atoms with Gasteiger partial charge in [-0.3, -0.25) is 19.8 Å². The highest BCUT2D eigenvalue weighted by Crippen LogP contribution is 2.25. The third-order valence-electron chi connectivity index (χ3n) is 5.95. The first kappa shape index (κ1) is 22.6. The van der Waals surface area contributed by atoms with E-state index in [-0.39, 0.29) is 17.2 Å². The molecule has 0 spiro atoms. The summed E-state index contributed by atoms with van der Waals surface area (Å²) in [6.45, 7) is 7.08. The van der Waals surface area contributed by atoms with Gasteiger partial charge in [-0.2, -0.15) is 4.98 Å². The Hall–Kier alpha value is -3.59. The number of hydrogen-bond acceptors (Lipinski definition) is 7. The van der Waals surface area contributed by atoms with Gasteiger partial charge in [0.2, 0.25) is 11.7 Å². The maximum atomic E-state index is 12.9. The minimum Gasteiger partial charge on any atom is -0.339 e. The van der Waals surface area contributed by atoms with E-state index in [1.807, 2.05) is 31.2 Å². The topological polar surface area (TPSA) is 106 Å². The van der Waals surface area contributed by atoms with Crippen molar-refractivity contribution >= 4 is 11.6 Å². The van der Waals surface area contributed by atoms with E-state index in [2.05, 4.69) is 15.0 Å². The first-order chi connectivity index (χ1) is 15.9. The van der Waals surface area contributed by atoms with Crippen molar-refractivity contribution in [3.8, 4) is 11.4 Å². The van der Waals surface area contributed by atoms with Crippen molar-refractivity contribution in [2.75, 3.05) is 32.7 Å². The Morgan fingerprint density at radius 3 is 2.52 bits per heavy atom. The molecule has 0 bridgehead atoms. The van der Waals surface area contributed by atoms with Crippen molar-refractivity contribution in [1.82, 2.24) is 19.9 Å². The van der Waals surface area contributed by atoms with Crippen LogP contribution in [-0.2, 0) is 6.42 Å². The zero-order valence-electron chi connectivity index (χ0n) is 18.9. The van der Waals surface area contributed by atoms with Gasteiger partial charge < -0.3 is 9.42 Å². The molecule has 0 saturated carbocycles. The van der Waals surface area contributed by atoms with E-state index in [0.29, 0.717) is 36.8 Å². The van der Waals surface area contributed by atoms with Crippen molar-refractivity contribution in [3.05, 3.63) is 75.2 Å². The highest BCUT2D eigenvalue weighted by molar-refractivity contribution is 5.98. The van der Waals surface area contributed by atoms with Crippen LogP contribution in [0.2, 0.25) is 0 Å². The van der Waals surface area contributed by atoms with Gasteiger partial charge in [0.1, 0.15) is 5.56 Å². The largest absolute Gasteiger partial charge is 0.339 e. The molecule has 1 aliphatic heterocycles. The van der Waals surface area contributed by atoms with E-state index < -0.39 is 4.92 Å². The highest BCUT2D eigenvalue weighted by Gasteiger charge is 2.28. The first-order valence-electron chi connectivity index (χ1n) is 11.1. The number of para-hydroxylation sites is 1. The first-order valence-corrected chi connectivity index (χ1v) is 11.1. The summed E-state index contributed by atoms with van der Waals surface area (Å²) in [6, 6.07) is 12.9. The Kier molecular flexibility index (Phi) is 6.79. The number of carbonyl (C=O) groups is 1. The number of nitrogens with zero attached hydrogens (tertiary/aromatic N) is 5. The summed E-state index contributed by atoms with van der Waals surface area (Å²) in [4.78, 5) is 32.3. The Morgan fingerprint density at radius 2 is 1.82 bits per heavy atom. The quantitative estimate of drug-likeness (QED) is 0.400. The highest BCUT2D eigenvalue weighted by atomic mass is 16.6. The average molecular weight is 450 g/mol. The lowest BCUT2D eigenvalue weighted by Crippen LogP contribution is -2.49. The zero-order valence-corrected chi connectivity index (χ0v) is 18.9. The van der Waals surface area contributed by atoms with Crippen LogP contribution in [0.3, 0.4) is 0 Å². The maximum absolute atomic E-state index is 12.9. The van der Waals surface area contributed by atoms with Crippen LogP contribution in [-0.4, -0.2) is 63.5 Å². The fourth-order valence-corrected chi connectivity index (χ4v) is 4.05. The SMILES string of the molecule is Cc1ccc(-c2noc(CCCN3CCN(C(=O)c4cccc(C)c4[N+](=O)[O-])CC3)n2)cc1. The third-order valence-corrected chi connectivity index (χ3v) is 5.95. The van der Waals surface area contributed by atoms with Gasteiger partial charge in [-0.05, 0) is 32.9 Å². The molecule has 33 heavy (non-hydrogen) atoms. The minimum atomic E-state index is -0.472. The Labute approximate surface area is 192 Å². The molecule has 1 aromatic heterocycles. The molecule has 1 saturated heterocycles.